The Bertz CT molecular complexity index is 634. The molecule has 0 saturated heterocycles. The van der Waals surface area contributed by atoms with Crippen molar-refractivity contribution in [1.29, 1.82) is 0 Å². The van der Waals surface area contributed by atoms with Crippen LogP contribution >= 0.6 is 11.6 Å². The molecule has 5 heteroatoms. The van der Waals surface area contributed by atoms with Crippen molar-refractivity contribution < 1.29 is 13.5 Å². The summed E-state index contributed by atoms with van der Waals surface area (Å²) in [5, 5.41) is 3.58. The number of hydrogen-bond donors (Lipinski definition) is 1. The van der Waals surface area contributed by atoms with Crippen molar-refractivity contribution in [3.05, 3.63) is 64.2 Å². The average Bonchev–Trinajstić information content (AvgIpc) is 2.47. The maximum Gasteiger partial charge on any atom is 0.165 e. The first kappa shape index (κ1) is 15.7. The number of rotatable bonds is 5. The summed E-state index contributed by atoms with van der Waals surface area (Å²) in [5.74, 6) is -0.720. The van der Waals surface area contributed by atoms with E-state index in [2.05, 4.69) is 5.32 Å². The molecule has 0 heterocycles. The molecule has 1 N–H and O–H groups in total. The topological polar surface area (TPSA) is 21.3 Å². The first-order chi connectivity index (χ1) is 10.1. The van der Waals surface area contributed by atoms with Crippen LogP contribution in [-0.4, -0.2) is 13.7 Å². The summed E-state index contributed by atoms with van der Waals surface area (Å²) in [6, 6.07) is 8.43. The second-order valence-electron chi connectivity index (χ2n) is 4.55. The highest BCUT2D eigenvalue weighted by molar-refractivity contribution is 6.30. The van der Waals surface area contributed by atoms with E-state index in [1.54, 1.807) is 12.1 Å². The Labute approximate surface area is 127 Å². The lowest BCUT2D eigenvalue weighted by Gasteiger charge is -2.20. The summed E-state index contributed by atoms with van der Waals surface area (Å²) < 4.78 is 32.8. The SMILES string of the molecule is CCNC(c1ccc(OC)c(F)c1)c1cc(Cl)ccc1F. The molecule has 0 radical (unpaired) electrons. The first-order valence-corrected chi connectivity index (χ1v) is 6.96. The van der Waals surface area contributed by atoms with Crippen molar-refractivity contribution >= 4 is 11.6 Å². The maximum absolute atomic E-state index is 14.1. The van der Waals surface area contributed by atoms with E-state index < -0.39 is 11.9 Å². The third kappa shape index (κ3) is 3.52. The summed E-state index contributed by atoms with van der Waals surface area (Å²) >= 11 is 5.94. The highest BCUT2D eigenvalue weighted by Crippen LogP contribution is 2.29. The van der Waals surface area contributed by atoms with Gasteiger partial charge in [0.2, 0.25) is 0 Å². The highest BCUT2D eigenvalue weighted by Gasteiger charge is 2.19. The summed E-state index contributed by atoms with van der Waals surface area (Å²) in [6.45, 7) is 2.50. The zero-order valence-electron chi connectivity index (χ0n) is 11.8. The van der Waals surface area contributed by atoms with E-state index in [9.17, 15) is 8.78 Å². The second kappa shape index (κ2) is 6.87. The van der Waals surface area contributed by atoms with Crippen molar-refractivity contribution in [2.75, 3.05) is 13.7 Å². The monoisotopic (exact) mass is 311 g/mol. The van der Waals surface area contributed by atoms with E-state index >= 15 is 0 Å². The van der Waals surface area contributed by atoms with Crippen molar-refractivity contribution in [2.24, 2.45) is 0 Å². The van der Waals surface area contributed by atoms with Gasteiger partial charge in [0.15, 0.2) is 11.6 Å². The van der Waals surface area contributed by atoms with Gasteiger partial charge in [0, 0.05) is 10.6 Å². The average molecular weight is 312 g/mol. The molecule has 2 rings (SSSR count). The van der Waals surface area contributed by atoms with E-state index in [0.717, 1.165) is 0 Å². The molecular formula is C16H16ClF2NO. The molecule has 21 heavy (non-hydrogen) atoms. The van der Waals surface area contributed by atoms with Crippen molar-refractivity contribution in [2.45, 2.75) is 13.0 Å². The number of benzene rings is 2. The van der Waals surface area contributed by atoms with Crippen LogP contribution in [0.5, 0.6) is 5.75 Å². The Hall–Kier alpha value is -1.65. The minimum atomic E-state index is -0.486. The summed E-state index contributed by atoms with van der Waals surface area (Å²) in [6.07, 6.45) is 0. The Morgan fingerprint density at radius 1 is 1.14 bits per heavy atom. The van der Waals surface area contributed by atoms with Crippen LogP contribution in [0.1, 0.15) is 24.1 Å². The smallest absolute Gasteiger partial charge is 0.165 e. The largest absolute Gasteiger partial charge is 0.494 e. The zero-order valence-corrected chi connectivity index (χ0v) is 12.5. The Kier molecular flexibility index (Phi) is 5.15. The third-order valence-electron chi connectivity index (χ3n) is 3.19. The van der Waals surface area contributed by atoms with Crippen molar-refractivity contribution in [3.63, 3.8) is 0 Å². The third-order valence-corrected chi connectivity index (χ3v) is 3.42. The van der Waals surface area contributed by atoms with Gasteiger partial charge in [0.1, 0.15) is 5.82 Å². The molecule has 0 saturated carbocycles. The van der Waals surface area contributed by atoms with Crippen LogP contribution in [0, 0.1) is 11.6 Å². The fourth-order valence-electron chi connectivity index (χ4n) is 2.21. The molecule has 2 nitrogen and oxygen atoms in total. The van der Waals surface area contributed by atoms with Crippen LogP contribution in [0.4, 0.5) is 8.78 Å². The van der Waals surface area contributed by atoms with Crippen LogP contribution in [-0.2, 0) is 0 Å². The van der Waals surface area contributed by atoms with Crippen LogP contribution in [0.2, 0.25) is 5.02 Å². The molecule has 0 aliphatic heterocycles. The molecule has 0 spiro atoms. The van der Waals surface area contributed by atoms with Crippen LogP contribution in [0.15, 0.2) is 36.4 Å². The molecule has 2 aromatic rings. The van der Waals surface area contributed by atoms with E-state index in [1.807, 2.05) is 6.92 Å². The minimum absolute atomic E-state index is 0.153. The van der Waals surface area contributed by atoms with Gasteiger partial charge in [-0.1, -0.05) is 24.6 Å². The molecule has 0 aliphatic rings. The highest BCUT2D eigenvalue weighted by atomic mass is 35.5. The maximum atomic E-state index is 14.1. The predicted molar refractivity (Wildman–Crippen MR) is 79.9 cm³/mol. The molecular weight excluding hydrogens is 296 g/mol. The minimum Gasteiger partial charge on any atom is -0.494 e. The van der Waals surface area contributed by atoms with Gasteiger partial charge in [-0.15, -0.1) is 0 Å². The van der Waals surface area contributed by atoms with E-state index in [4.69, 9.17) is 16.3 Å². The van der Waals surface area contributed by atoms with Gasteiger partial charge >= 0.3 is 0 Å². The molecule has 1 unspecified atom stereocenters. The molecule has 0 aliphatic carbocycles. The van der Waals surface area contributed by atoms with Crippen molar-refractivity contribution in [3.8, 4) is 5.75 Å². The normalized spacial score (nSPS) is 12.2. The fourth-order valence-corrected chi connectivity index (χ4v) is 2.39. The summed E-state index contributed by atoms with van der Waals surface area (Å²) in [7, 11) is 1.40. The Morgan fingerprint density at radius 2 is 1.90 bits per heavy atom. The molecule has 1 atom stereocenters. The standard InChI is InChI=1S/C16H16ClF2NO/c1-3-20-16(12-9-11(17)5-6-13(12)18)10-4-7-15(21-2)14(19)8-10/h4-9,16,20H,3H2,1-2H3. The quantitative estimate of drug-likeness (QED) is 0.887. The lowest BCUT2D eigenvalue weighted by molar-refractivity contribution is 0.385. The van der Waals surface area contributed by atoms with Crippen LogP contribution < -0.4 is 10.1 Å². The predicted octanol–water partition coefficient (Wildman–Crippen LogP) is 4.33. The van der Waals surface area contributed by atoms with Gasteiger partial charge in [-0.05, 0) is 42.4 Å². The van der Waals surface area contributed by atoms with E-state index in [1.165, 1.54) is 31.4 Å². The van der Waals surface area contributed by atoms with Gasteiger partial charge < -0.3 is 10.1 Å². The number of hydrogen-bond acceptors (Lipinski definition) is 2. The van der Waals surface area contributed by atoms with Gasteiger partial charge in [0.05, 0.1) is 13.2 Å². The first-order valence-electron chi connectivity index (χ1n) is 6.58. The van der Waals surface area contributed by atoms with E-state index in [0.29, 0.717) is 22.7 Å². The molecule has 0 bridgehead atoms. The van der Waals surface area contributed by atoms with Gasteiger partial charge in [0.25, 0.3) is 0 Å². The van der Waals surface area contributed by atoms with Gasteiger partial charge in [-0.25, -0.2) is 8.78 Å². The number of methoxy groups -OCH3 is 1. The Balaban J connectivity index is 2.48. The van der Waals surface area contributed by atoms with E-state index in [-0.39, 0.29) is 11.6 Å². The summed E-state index contributed by atoms with van der Waals surface area (Å²) in [4.78, 5) is 0. The number of ether oxygens (including phenoxy) is 1. The number of nitrogens with one attached hydrogen (secondary N) is 1. The van der Waals surface area contributed by atoms with Gasteiger partial charge in [-0.3, -0.25) is 0 Å². The molecule has 0 amide bonds. The van der Waals surface area contributed by atoms with Gasteiger partial charge in [-0.2, -0.15) is 0 Å². The summed E-state index contributed by atoms with van der Waals surface area (Å²) in [5.41, 5.74) is 0.991. The Morgan fingerprint density at radius 3 is 2.52 bits per heavy atom. The zero-order chi connectivity index (χ0) is 15.4. The lowest BCUT2D eigenvalue weighted by atomic mass is 9.98. The molecule has 0 aromatic heterocycles. The van der Waals surface area contributed by atoms with Crippen molar-refractivity contribution in [1.82, 2.24) is 5.32 Å². The number of halogens is 3. The fraction of sp³-hybridized carbons (Fsp3) is 0.250. The lowest BCUT2D eigenvalue weighted by Crippen LogP contribution is -2.23. The molecule has 112 valence electrons. The molecule has 2 aromatic carbocycles. The molecule has 0 fully saturated rings. The van der Waals surface area contributed by atoms with Crippen LogP contribution in [0.25, 0.3) is 0 Å². The van der Waals surface area contributed by atoms with Crippen LogP contribution in [0.3, 0.4) is 0 Å². The second-order valence-corrected chi connectivity index (χ2v) is 4.99.